The third-order valence-corrected chi connectivity index (χ3v) is 4.56. The first-order chi connectivity index (χ1) is 11.6. The molecule has 2 amide bonds. The third kappa shape index (κ3) is 5.07. The van der Waals surface area contributed by atoms with Gasteiger partial charge in [-0.25, -0.2) is 0 Å². The predicted molar refractivity (Wildman–Crippen MR) is 97.6 cm³/mol. The van der Waals surface area contributed by atoms with Crippen LogP contribution in [0.1, 0.15) is 0 Å². The number of hydrogen-bond acceptors (Lipinski definition) is 7. The minimum Gasteiger partial charge on any atom is -0.454 e. The maximum Gasteiger partial charge on any atom is 0.234 e. The van der Waals surface area contributed by atoms with Crippen molar-refractivity contribution in [1.29, 1.82) is 0 Å². The Kier molecular flexibility index (Phi) is 7.03. The molecule has 2 aliphatic rings. The number of carbonyl (C=O) groups excluding carboxylic acids is 2. The second-order valence-corrected chi connectivity index (χ2v) is 6.31. The van der Waals surface area contributed by atoms with Crippen LogP contribution < -0.4 is 20.5 Å². The molecule has 25 heavy (non-hydrogen) atoms. The Morgan fingerprint density at radius 3 is 2.56 bits per heavy atom. The molecule has 1 fully saturated rings. The van der Waals surface area contributed by atoms with E-state index < -0.39 is 0 Å². The van der Waals surface area contributed by atoms with Crippen LogP contribution in [-0.2, 0) is 14.3 Å². The van der Waals surface area contributed by atoms with E-state index in [4.69, 9.17) is 19.9 Å². The van der Waals surface area contributed by atoms with Gasteiger partial charge in [0.05, 0.1) is 36.1 Å². The molecule has 138 valence electrons. The van der Waals surface area contributed by atoms with Crippen LogP contribution in [0.25, 0.3) is 0 Å². The van der Waals surface area contributed by atoms with Crippen LogP contribution in [0.2, 0.25) is 0 Å². The van der Waals surface area contributed by atoms with Crippen LogP contribution in [-0.4, -0.2) is 61.3 Å². The molecule has 0 spiro atoms. The van der Waals surface area contributed by atoms with Gasteiger partial charge in [-0.05, 0) is 0 Å². The van der Waals surface area contributed by atoms with Gasteiger partial charge in [0.2, 0.25) is 18.6 Å². The molecule has 0 atom stereocenters. The van der Waals surface area contributed by atoms with Gasteiger partial charge in [-0.1, -0.05) is 0 Å². The van der Waals surface area contributed by atoms with Crippen molar-refractivity contribution >= 4 is 47.4 Å². The molecule has 2 aliphatic heterocycles. The van der Waals surface area contributed by atoms with Crippen LogP contribution in [0.5, 0.6) is 11.5 Å². The van der Waals surface area contributed by atoms with Gasteiger partial charge in [-0.2, -0.15) is 0 Å². The highest BCUT2D eigenvalue weighted by atomic mass is 35.5. The summed E-state index contributed by atoms with van der Waals surface area (Å²) in [5.41, 5.74) is 6.77. The molecule has 0 radical (unpaired) electrons. The summed E-state index contributed by atoms with van der Waals surface area (Å²) >= 11 is 1.27. The lowest BCUT2D eigenvalue weighted by atomic mass is 10.2. The largest absolute Gasteiger partial charge is 0.454 e. The number of anilines is 2. The zero-order valence-corrected chi connectivity index (χ0v) is 15.1. The third-order valence-electron chi connectivity index (χ3n) is 3.64. The van der Waals surface area contributed by atoms with E-state index in [-0.39, 0.29) is 42.5 Å². The summed E-state index contributed by atoms with van der Waals surface area (Å²) in [6.45, 7) is 2.50. The first kappa shape index (κ1) is 19.5. The fraction of sp³-hybridized carbons (Fsp3) is 0.467. The highest BCUT2D eigenvalue weighted by molar-refractivity contribution is 8.00. The number of halogens is 1. The van der Waals surface area contributed by atoms with Crippen LogP contribution >= 0.6 is 24.2 Å². The summed E-state index contributed by atoms with van der Waals surface area (Å²) in [6.07, 6.45) is 0. The van der Waals surface area contributed by atoms with Gasteiger partial charge in [-0.15, -0.1) is 24.2 Å². The molecule has 0 saturated carbocycles. The van der Waals surface area contributed by atoms with E-state index in [0.717, 1.165) is 0 Å². The molecule has 1 saturated heterocycles. The van der Waals surface area contributed by atoms with Crippen molar-refractivity contribution in [2.45, 2.75) is 0 Å². The van der Waals surface area contributed by atoms with Crippen molar-refractivity contribution in [3.63, 3.8) is 0 Å². The number of nitrogens with two attached hydrogens (primary N) is 1. The fourth-order valence-corrected chi connectivity index (χ4v) is 3.10. The normalized spacial score (nSPS) is 15.4. The Balaban J connectivity index is 0.00000225. The summed E-state index contributed by atoms with van der Waals surface area (Å²) < 4.78 is 15.7. The van der Waals surface area contributed by atoms with Crippen LogP contribution in [0.4, 0.5) is 11.4 Å². The van der Waals surface area contributed by atoms with Gasteiger partial charge < -0.3 is 30.2 Å². The summed E-state index contributed by atoms with van der Waals surface area (Å²) in [5.74, 6) is 1.36. The number of amides is 2. The van der Waals surface area contributed by atoms with E-state index in [0.29, 0.717) is 49.2 Å². The monoisotopic (exact) mass is 389 g/mol. The Bertz CT molecular complexity index is 640. The number of fused-ring (bicyclic) bond motifs is 1. The highest BCUT2D eigenvalue weighted by Crippen LogP contribution is 2.38. The molecule has 3 rings (SSSR count). The molecule has 0 unspecified atom stereocenters. The predicted octanol–water partition coefficient (Wildman–Crippen LogP) is 0.950. The molecular weight excluding hydrogens is 370 g/mol. The molecule has 10 heteroatoms. The molecule has 2 heterocycles. The van der Waals surface area contributed by atoms with E-state index >= 15 is 0 Å². The average molecular weight is 390 g/mol. The molecule has 0 aliphatic carbocycles. The van der Waals surface area contributed by atoms with E-state index in [9.17, 15) is 9.59 Å². The minimum atomic E-state index is -0.222. The zero-order chi connectivity index (χ0) is 16.9. The van der Waals surface area contributed by atoms with Gasteiger partial charge in [-0.3, -0.25) is 9.59 Å². The lowest BCUT2D eigenvalue weighted by Crippen LogP contribution is -2.41. The van der Waals surface area contributed by atoms with Crippen molar-refractivity contribution in [2.75, 3.05) is 55.7 Å². The first-order valence-electron chi connectivity index (χ1n) is 7.56. The highest BCUT2D eigenvalue weighted by Gasteiger charge is 2.19. The smallest absolute Gasteiger partial charge is 0.234 e. The van der Waals surface area contributed by atoms with E-state index in [1.165, 1.54) is 11.8 Å². The number of nitrogens with zero attached hydrogens (tertiary/aromatic N) is 1. The second-order valence-electron chi connectivity index (χ2n) is 5.33. The number of ether oxygens (including phenoxy) is 3. The number of rotatable bonds is 5. The number of nitrogen functional groups attached to an aromatic ring is 1. The van der Waals surface area contributed by atoms with Crippen LogP contribution in [0.15, 0.2) is 12.1 Å². The lowest BCUT2D eigenvalue weighted by molar-refractivity contribution is -0.132. The molecule has 1 aromatic rings. The zero-order valence-electron chi connectivity index (χ0n) is 13.5. The SMILES string of the molecule is Cl.Nc1cc2c(cc1NC(=O)CSCC(=O)N1CCOCC1)OCO2. The van der Waals surface area contributed by atoms with Crippen molar-refractivity contribution in [3.8, 4) is 11.5 Å². The van der Waals surface area contributed by atoms with Crippen LogP contribution in [0, 0.1) is 0 Å². The van der Waals surface area contributed by atoms with Crippen molar-refractivity contribution in [3.05, 3.63) is 12.1 Å². The number of thioether (sulfide) groups is 1. The molecule has 3 N–H and O–H groups in total. The number of benzene rings is 1. The molecule has 0 bridgehead atoms. The molecule has 0 aromatic heterocycles. The fourth-order valence-electron chi connectivity index (χ4n) is 2.39. The van der Waals surface area contributed by atoms with Gasteiger partial charge >= 0.3 is 0 Å². The molecule has 1 aromatic carbocycles. The van der Waals surface area contributed by atoms with Crippen LogP contribution in [0.3, 0.4) is 0 Å². The number of hydrogen-bond donors (Lipinski definition) is 2. The number of carbonyl (C=O) groups is 2. The second kappa shape index (κ2) is 9.02. The van der Waals surface area contributed by atoms with Crippen molar-refractivity contribution < 1.29 is 23.8 Å². The summed E-state index contributed by atoms with van der Waals surface area (Å²) in [6, 6.07) is 3.26. The van der Waals surface area contributed by atoms with Gasteiger partial charge in [0, 0.05) is 25.2 Å². The molecule has 8 nitrogen and oxygen atoms in total. The standard InChI is InChI=1S/C15H19N3O5S.ClH/c16-10-5-12-13(23-9-22-12)6-11(10)17-14(19)7-24-8-15(20)18-1-3-21-4-2-18;/h5-6H,1-4,7-9,16H2,(H,17,19);1H. The summed E-state index contributed by atoms with van der Waals surface area (Å²) in [7, 11) is 0. The van der Waals surface area contributed by atoms with Gasteiger partial charge in [0.1, 0.15) is 0 Å². The Hall–Kier alpha value is -1.84. The quantitative estimate of drug-likeness (QED) is 0.722. The Morgan fingerprint density at radius 2 is 1.84 bits per heavy atom. The van der Waals surface area contributed by atoms with Crippen molar-refractivity contribution in [2.24, 2.45) is 0 Å². The van der Waals surface area contributed by atoms with E-state index in [2.05, 4.69) is 5.32 Å². The van der Waals surface area contributed by atoms with E-state index in [1.807, 2.05) is 0 Å². The summed E-state index contributed by atoms with van der Waals surface area (Å²) in [5, 5.41) is 2.73. The number of nitrogens with one attached hydrogen (secondary N) is 1. The summed E-state index contributed by atoms with van der Waals surface area (Å²) in [4.78, 5) is 25.8. The van der Waals surface area contributed by atoms with Gasteiger partial charge in [0.25, 0.3) is 0 Å². The molecular formula is C15H20ClN3O5S. The first-order valence-corrected chi connectivity index (χ1v) is 8.71. The van der Waals surface area contributed by atoms with E-state index in [1.54, 1.807) is 17.0 Å². The average Bonchev–Trinajstić information content (AvgIpc) is 3.03. The van der Waals surface area contributed by atoms with Crippen molar-refractivity contribution in [1.82, 2.24) is 4.90 Å². The maximum absolute atomic E-state index is 12.0. The lowest BCUT2D eigenvalue weighted by Gasteiger charge is -2.26. The minimum absolute atomic E-state index is 0. The topological polar surface area (TPSA) is 103 Å². The maximum atomic E-state index is 12.0. The van der Waals surface area contributed by atoms with Gasteiger partial charge in [0.15, 0.2) is 11.5 Å². The Labute approximate surface area is 155 Å². The number of morpholine rings is 1. The Morgan fingerprint density at radius 1 is 1.16 bits per heavy atom.